The second kappa shape index (κ2) is 5.62. The summed E-state index contributed by atoms with van der Waals surface area (Å²) >= 11 is 6.23. The number of aromatic nitrogens is 2. The third-order valence-corrected chi connectivity index (χ3v) is 4.66. The minimum Gasteiger partial charge on any atom is -0.312 e. The van der Waals surface area contributed by atoms with E-state index < -0.39 is 0 Å². The van der Waals surface area contributed by atoms with E-state index in [0.29, 0.717) is 5.41 Å². The van der Waals surface area contributed by atoms with Crippen LogP contribution in [0.4, 0.5) is 0 Å². The highest BCUT2D eigenvalue weighted by Crippen LogP contribution is 2.35. The van der Waals surface area contributed by atoms with Crippen molar-refractivity contribution in [2.45, 2.75) is 52.5 Å². The van der Waals surface area contributed by atoms with Gasteiger partial charge in [-0.25, -0.2) is 0 Å². The maximum atomic E-state index is 6.23. The van der Waals surface area contributed by atoms with Crippen LogP contribution >= 0.6 is 11.6 Å². The third kappa shape index (κ3) is 3.07. The molecule has 1 aliphatic rings. The van der Waals surface area contributed by atoms with Crippen molar-refractivity contribution in [2.75, 3.05) is 6.54 Å². The Balaban J connectivity index is 1.88. The average Bonchev–Trinajstić information content (AvgIpc) is 2.56. The zero-order valence-electron chi connectivity index (χ0n) is 11.7. The smallest absolute Gasteiger partial charge is 0.131 e. The van der Waals surface area contributed by atoms with Gasteiger partial charge in [0.15, 0.2) is 0 Å². The Morgan fingerprint density at radius 3 is 2.56 bits per heavy atom. The first kappa shape index (κ1) is 13.9. The quantitative estimate of drug-likeness (QED) is 0.907. The van der Waals surface area contributed by atoms with Crippen LogP contribution in [0.5, 0.6) is 0 Å². The Labute approximate surface area is 115 Å². The van der Waals surface area contributed by atoms with Gasteiger partial charge in [-0.15, -0.1) is 0 Å². The highest BCUT2D eigenvalue weighted by atomic mass is 35.5. The van der Waals surface area contributed by atoms with Crippen molar-refractivity contribution in [3.05, 3.63) is 16.4 Å². The van der Waals surface area contributed by atoms with Gasteiger partial charge in [-0.1, -0.05) is 37.8 Å². The molecule has 0 aromatic carbocycles. The highest BCUT2D eigenvalue weighted by molar-refractivity contribution is 6.30. The molecule has 0 amide bonds. The van der Waals surface area contributed by atoms with Gasteiger partial charge in [-0.3, -0.25) is 4.68 Å². The summed E-state index contributed by atoms with van der Waals surface area (Å²) in [6.45, 7) is 6.33. The molecule has 1 fully saturated rings. The summed E-state index contributed by atoms with van der Waals surface area (Å²) in [6.07, 6.45) is 6.86. The molecule has 1 heterocycles. The van der Waals surface area contributed by atoms with Crippen LogP contribution in [0.1, 0.15) is 50.3 Å². The molecule has 0 spiro atoms. The van der Waals surface area contributed by atoms with Gasteiger partial charge >= 0.3 is 0 Å². The summed E-state index contributed by atoms with van der Waals surface area (Å²) in [5.74, 6) is 0. The Hall–Kier alpha value is -0.540. The molecule has 1 N–H and O–H groups in total. The van der Waals surface area contributed by atoms with Crippen molar-refractivity contribution in [3.63, 3.8) is 0 Å². The normalized spacial score (nSPS) is 19.1. The molecule has 1 aliphatic carbocycles. The first-order chi connectivity index (χ1) is 8.52. The molecule has 4 heteroatoms. The van der Waals surface area contributed by atoms with Crippen molar-refractivity contribution in [2.24, 2.45) is 12.5 Å². The molecule has 2 rings (SSSR count). The standard InChI is InChI=1S/C14H24ClN3/c1-11-12(13(15)18(3)17-11)9-16-10-14(2)7-5-4-6-8-14/h16H,4-10H2,1-3H3. The van der Waals surface area contributed by atoms with E-state index in [9.17, 15) is 0 Å². The second-order valence-electron chi connectivity index (χ2n) is 5.95. The van der Waals surface area contributed by atoms with Crippen molar-refractivity contribution in [3.8, 4) is 0 Å². The Kier molecular flexibility index (Phi) is 4.33. The average molecular weight is 270 g/mol. The molecule has 0 aliphatic heterocycles. The van der Waals surface area contributed by atoms with Gasteiger partial charge in [0.05, 0.1) is 5.69 Å². The van der Waals surface area contributed by atoms with Crippen LogP contribution < -0.4 is 5.32 Å². The lowest BCUT2D eigenvalue weighted by Crippen LogP contribution is -2.33. The van der Waals surface area contributed by atoms with Crippen LogP contribution in [0.25, 0.3) is 0 Å². The minimum absolute atomic E-state index is 0.473. The number of nitrogens with one attached hydrogen (secondary N) is 1. The molecule has 102 valence electrons. The van der Waals surface area contributed by atoms with Crippen molar-refractivity contribution in [1.29, 1.82) is 0 Å². The van der Waals surface area contributed by atoms with Crippen LogP contribution in [0.3, 0.4) is 0 Å². The maximum Gasteiger partial charge on any atom is 0.131 e. The van der Waals surface area contributed by atoms with Crippen molar-refractivity contribution in [1.82, 2.24) is 15.1 Å². The molecular weight excluding hydrogens is 246 g/mol. The summed E-state index contributed by atoms with van der Waals surface area (Å²) in [5.41, 5.74) is 2.64. The van der Waals surface area contributed by atoms with Gasteiger partial charge in [0.2, 0.25) is 0 Å². The van der Waals surface area contributed by atoms with Crippen molar-refractivity contribution < 1.29 is 0 Å². The number of hydrogen-bond donors (Lipinski definition) is 1. The highest BCUT2D eigenvalue weighted by Gasteiger charge is 2.26. The van der Waals surface area contributed by atoms with E-state index in [4.69, 9.17) is 11.6 Å². The van der Waals surface area contributed by atoms with Gasteiger partial charge in [-0.2, -0.15) is 5.10 Å². The Morgan fingerprint density at radius 1 is 1.33 bits per heavy atom. The summed E-state index contributed by atoms with van der Waals surface area (Å²) < 4.78 is 1.75. The van der Waals surface area contributed by atoms with Gasteiger partial charge in [0, 0.05) is 25.7 Å². The second-order valence-corrected chi connectivity index (χ2v) is 6.31. The van der Waals surface area contributed by atoms with Gasteiger partial charge < -0.3 is 5.32 Å². The van der Waals surface area contributed by atoms with Crippen LogP contribution in [0.15, 0.2) is 0 Å². The van der Waals surface area contributed by atoms with Gasteiger partial charge in [0.1, 0.15) is 5.15 Å². The maximum absolute atomic E-state index is 6.23. The summed E-state index contributed by atoms with van der Waals surface area (Å²) in [6, 6.07) is 0. The zero-order chi connectivity index (χ0) is 13.2. The largest absolute Gasteiger partial charge is 0.312 e. The molecule has 3 nitrogen and oxygen atoms in total. The lowest BCUT2D eigenvalue weighted by atomic mass is 9.76. The predicted molar refractivity (Wildman–Crippen MR) is 75.9 cm³/mol. The van der Waals surface area contributed by atoms with E-state index in [-0.39, 0.29) is 0 Å². The van der Waals surface area contributed by atoms with Gasteiger partial charge in [-0.05, 0) is 25.2 Å². The number of rotatable bonds is 4. The first-order valence-electron chi connectivity index (χ1n) is 6.90. The van der Waals surface area contributed by atoms with Gasteiger partial charge in [0.25, 0.3) is 0 Å². The molecule has 1 aromatic heterocycles. The SMILES string of the molecule is Cc1nn(C)c(Cl)c1CNCC1(C)CCCCC1. The first-order valence-corrected chi connectivity index (χ1v) is 7.28. The summed E-state index contributed by atoms with van der Waals surface area (Å²) in [4.78, 5) is 0. The van der Waals surface area contributed by atoms with Crippen LogP contribution in [-0.2, 0) is 13.6 Å². The van der Waals surface area contributed by atoms with E-state index in [0.717, 1.165) is 29.5 Å². The fourth-order valence-corrected chi connectivity index (χ4v) is 3.19. The third-order valence-electron chi connectivity index (χ3n) is 4.18. The molecule has 18 heavy (non-hydrogen) atoms. The molecule has 1 saturated carbocycles. The van der Waals surface area contributed by atoms with E-state index in [1.165, 1.54) is 32.1 Å². The van der Waals surface area contributed by atoms with Crippen LogP contribution in [0, 0.1) is 12.3 Å². The van der Waals surface area contributed by atoms with E-state index in [2.05, 4.69) is 17.3 Å². The summed E-state index contributed by atoms with van der Waals surface area (Å²) in [7, 11) is 1.89. The number of halogens is 1. The number of hydrogen-bond acceptors (Lipinski definition) is 2. The number of aryl methyl sites for hydroxylation is 2. The predicted octanol–water partition coefficient (Wildman–Crippen LogP) is 3.44. The fourth-order valence-electron chi connectivity index (χ4n) is 2.95. The Morgan fingerprint density at radius 2 is 2.00 bits per heavy atom. The molecule has 0 atom stereocenters. The number of nitrogens with zero attached hydrogens (tertiary/aromatic N) is 2. The lowest BCUT2D eigenvalue weighted by Gasteiger charge is -2.33. The molecular formula is C14H24ClN3. The van der Waals surface area contributed by atoms with E-state index >= 15 is 0 Å². The zero-order valence-corrected chi connectivity index (χ0v) is 12.5. The minimum atomic E-state index is 0.473. The summed E-state index contributed by atoms with van der Waals surface area (Å²) in [5, 5.41) is 8.67. The van der Waals surface area contributed by atoms with Crippen molar-refractivity contribution >= 4 is 11.6 Å². The van der Waals surface area contributed by atoms with E-state index in [1.54, 1.807) is 4.68 Å². The van der Waals surface area contributed by atoms with Crippen LogP contribution in [0.2, 0.25) is 5.15 Å². The lowest BCUT2D eigenvalue weighted by molar-refractivity contribution is 0.207. The molecule has 0 bridgehead atoms. The monoisotopic (exact) mass is 269 g/mol. The topological polar surface area (TPSA) is 29.9 Å². The molecule has 0 saturated heterocycles. The molecule has 0 unspecified atom stereocenters. The fraction of sp³-hybridized carbons (Fsp3) is 0.786. The molecule has 1 aromatic rings. The molecule has 0 radical (unpaired) electrons. The van der Waals surface area contributed by atoms with Crippen LogP contribution in [-0.4, -0.2) is 16.3 Å². The van der Waals surface area contributed by atoms with E-state index in [1.807, 2.05) is 14.0 Å². The Bertz CT molecular complexity index is 405.